The van der Waals surface area contributed by atoms with Crippen molar-refractivity contribution in [3.05, 3.63) is 22.8 Å². The van der Waals surface area contributed by atoms with Crippen molar-refractivity contribution in [2.24, 2.45) is 11.8 Å². The predicted molar refractivity (Wildman–Crippen MR) is 68.5 cm³/mol. The third-order valence-corrected chi connectivity index (χ3v) is 3.59. The lowest BCUT2D eigenvalue weighted by Crippen LogP contribution is -2.28. The molecule has 0 spiro atoms. The molecule has 0 saturated heterocycles. The third-order valence-electron chi connectivity index (χ3n) is 3.12. The van der Waals surface area contributed by atoms with Gasteiger partial charge in [-0.25, -0.2) is 4.98 Å². The molecule has 0 radical (unpaired) electrons. The lowest BCUT2D eigenvalue weighted by molar-refractivity contribution is 0.0967. The number of rotatable bonds is 2. The zero-order chi connectivity index (χ0) is 11.5. The highest BCUT2D eigenvalue weighted by atomic mass is 79.9. The van der Waals surface area contributed by atoms with E-state index in [0.717, 1.165) is 35.0 Å². The molecule has 1 aliphatic rings. The first kappa shape index (κ1) is 11.9. The molecule has 2 unspecified atom stereocenters. The van der Waals surface area contributed by atoms with E-state index < -0.39 is 0 Å². The van der Waals surface area contributed by atoms with Crippen molar-refractivity contribution in [2.45, 2.75) is 39.2 Å². The Balaban J connectivity index is 1.96. The molecule has 1 saturated carbocycles. The fourth-order valence-electron chi connectivity index (χ4n) is 2.57. The molecule has 2 nitrogen and oxygen atoms in total. The smallest absolute Gasteiger partial charge is 0.213 e. The molecule has 1 fully saturated rings. The van der Waals surface area contributed by atoms with E-state index >= 15 is 0 Å². The van der Waals surface area contributed by atoms with Crippen LogP contribution in [0.2, 0.25) is 0 Å². The van der Waals surface area contributed by atoms with Gasteiger partial charge in [-0.2, -0.15) is 0 Å². The topological polar surface area (TPSA) is 22.1 Å². The molecule has 3 heteroatoms. The van der Waals surface area contributed by atoms with Crippen molar-refractivity contribution < 1.29 is 4.74 Å². The van der Waals surface area contributed by atoms with E-state index in [1.165, 1.54) is 6.42 Å². The number of halogens is 1. The molecule has 2 atom stereocenters. The number of aromatic nitrogens is 1. The van der Waals surface area contributed by atoms with Gasteiger partial charge >= 0.3 is 0 Å². The highest BCUT2D eigenvalue weighted by Crippen LogP contribution is 2.30. The summed E-state index contributed by atoms with van der Waals surface area (Å²) in [6.07, 6.45) is 5.76. The van der Waals surface area contributed by atoms with Crippen LogP contribution < -0.4 is 4.74 Å². The Morgan fingerprint density at radius 1 is 1.19 bits per heavy atom. The molecule has 0 N–H and O–H groups in total. The van der Waals surface area contributed by atoms with Crippen LogP contribution in [0.15, 0.2) is 22.8 Å². The quantitative estimate of drug-likeness (QED) is 0.817. The van der Waals surface area contributed by atoms with Crippen LogP contribution >= 0.6 is 15.9 Å². The van der Waals surface area contributed by atoms with Gasteiger partial charge in [-0.05, 0) is 53.1 Å². The average molecular weight is 284 g/mol. The molecule has 1 aliphatic carbocycles. The molecular formula is C13H18BrNO. The standard InChI is InChI=1S/C13H18BrNO/c1-9-5-10(2)7-12(6-9)16-13-4-3-11(14)8-15-13/h3-4,8-10,12H,5-7H2,1-2H3. The number of hydrogen-bond donors (Lipinski definition) is 0. The van der Waals surface area contributed by atoms with E-state index in [0.29, 0.717) is 6.10 Å². The van der Waals surface area contributed by atoms with E-state index in [4.69, 9.17) is 4.74 Å². The molecule has 0 amide bonds. The minimum Gasteiger partial charge on any atom is -0.474 e. The zero-order valence-electron chi connectivity index (χ0n) is 9.82. The van der Waals surface area contributed by atoms with Crippen LogP contribution in [-0.4, -0.2) is 11.1 Å². The summed E-state index contributed by atoms with van der Waals surface area (Å²) in [6.45, 7) is 4.61. The Kier molecular flexibility index (Phi) is 3.85. The highest BCUT2D eigenvalue weighted by molar-refractivity contribution is 9.10. The third kappa shape index (κ3) is 3.21. The Hall–Kier alpha value is -0.570. The fourth-order valence-corrected chi connectivity index (χ4v) is 2.81. The second-order valence-electron chi connectivity index (χ2n) is 4.97. The zero-order valence-corrected chi connectivity index (χ0v) is 11.4. The second-order valence-corrected chi connectivity index (χ2v) is 5.89. The van der Waals surface area contributed by atoms with Crippen molar-refractivity contribution in [1.29, 1.82) is 0 Å². The summed E-state index contributed by atoms with van der Waals surface area (Å²) in [5, 5.41) is 0. The lowest BCUT2D eigenvalue weighted by atomic mass is 9.82. The van der Waals surface area contributed by atoms with Crippen LogP contribution in [-0.2, 0) is 0 Å². The van der Waals surface area contributed by atoms with Gasteiger partial charge in [-0.15, -0.1) is 0 Å². The van der Waals surface area contributed by atoms with Crippen molar-refractivity contribution in [1.82, 2.24) is 4.98 Å². The van der Waals surface area contributed by atoms with E-state index in [1.54, 1.807) is 6.20 Å². The van der Waals surface area contributed by atoms with E-state index in [1.807, 2.05) is 12.1 Å². The Morgan fingerprint density at radius 3 is 2.44 bits per heavy atom. The van der Waals surface area contributed by atoms with Crippen molar-refractivity contribution in [3.8, 4) is 5.88 Å². The molecule has 16 heavy (non-hydrogen) atoms. The summed E-state index contributed by atoms with van der Waals surface area (Å²) in [4.78, 5) is 4.25. The maximum absolute atomic E-state index is 5.92. The predicted octanol–water partition coefficient (Wildman–Crippen LogP) is 4.05. The summed E-state index contributed by atoms with van der Waals surface area (Å²) in [5.41, 5.74) is 0. The van der Waals surface area contributed by atoms with Crippen LogP contribution in [0.1, 0.15) is 33.1 Å². The largest absolute Gasteiger partial charge is 0.474 e. The first-order valence-electron chi connectivity index (χ1n) is 5.91. The summed E-state index contributed by atoms with van der Waals surface area (Å²) >= 11 is 3.37. The minimum atomic E-state index is 0.340. The molecule has 1 heterocycles. The molecule has 88 valence electrons. The van der Waals surface area contributed by atoms with Crippen LogP contribution in [0.3, 0.4) is 0 Å². The molecule has 1 aromatic heterocycles. The average Bonchev–Trinajstić information content (AvgIpc) is 2.20. The SMILES string of the molecule is CC1CC(C)CC(Oc2ccc(Br)cn2)C1. The minimum absolute atomic E-state index is 0.340. The van der Waals surface area contributed by atoms with Crippen LogP contribution in [0.5, 0.6) is 5.88 Å². The Bertz CT molecular complexity index is 328. The van der Waals surface area contributed by atoms with Gasteiger partial charge in [0.15, 0.2) is 0 Å². The van der Waals surface area contributed by atoms with E-state index in [-0.39, 0.29) is 0 Å². The van der Waals surface area contributed by atoms with Gasteiger partial charge in [0.2, 0.25) is 5.88 Å². The molecule has 0 aliphatic heterocycles. The normalized spacial score (nSPS) is 30.1. The monoisotopic (exact) mass is 283 g/mol. The summed E-state index contributed by atoms with van der Waals surface area (Å²) < 4.78 is 6.91. The number of pyridine rings is 1. The van der Waals surface area contributed by atoms with Crippen LogP contribution in [0.4, 0.5) is 0 Å². The van der Waals surface area contributed by atoms with Crippen molar-refractivity contribution >= 4 is 15.9 Å². The number of nitrogens with zero attached hydrogens (tertiary/aromatic N) is 1. The molecule has 0 bridgehead atoms. The molecule has 1 aromatic rings. The first-order chi connectivity index (χ1) is 7.63. The van der Waals surface area contributed by atoms with Gasteiger partial charge in [-0.3, -0.25) is 0 Å². The molecular weight excluding hydrogens is 266 g/mol. The number of ether oxygens (including phenoxy) is 1. The number of hydrogen-bond acceptors (Lipinski definition) is 2. The maximum atomic E-state index is 5.92. The maximum Gasteiger partial charge on any atom is 0.213 e. The van der Waals surface area contributed by atoms with Crippen molar-refractivity contribution in [3.63, 3.8) is 0 Å². The lowest BCUT2D eigenvalue weighted by Gasteiger charge is -2.31. The summed E-state index contributed by atoms with van der Waals surface area (Å²) in [5.74, 6) is 2.28. The highest BCUT2D eigenvalue weighted by Gasteiger charge is 2.25. The van der Waals surface area contributed by atoms with Gasteiger partial charge in [-0.1, -0.05) is 13.8 Å². The van der Waals surface area contributed by atoms with Gasteiger partial charge in [0, 0.05) is 16.7 Å². The Labute approximate surface area is 106 Å². The fraction of sp³-hybridized carbons (Fsp3) is 0.615. The molecule has 2 rings (SSSR count). The summed E-state index contributed by atoms with van der Waals surface area (Å²) in [7, 11) is 0. The Morgan fingerprint density at radius 2 is 1.88 bits per heavy atom. The van der Waals surface area contributed by atoms with Crippen molar-refractivity contribution in [2.75, 3.05) is 0 Å². The van der Waals surface area contributed by atoms with Gasteiger partial charge in [0.05, 0.1) is 0 Å². The van der Waals surface area contributed by atoms with E-state index in [9.17, 15) is 0 Å². The van der Waals surface area contributed by atoms with Gasteiger partial charge in [0.1, 0.15) is 6.10 Å². The summed E-state index contributed by atoms with van der Waals surface area (Å²) in [6, 6.07) is 3.89. The first-order valence-corrected chi connectivity index (χ1v) is 6.71. The van der Waals surface area contributed by atoms with Crippen LogP contribution in [0.25, 0.3) is 0 Å². The van der Waals surface area contributed by atoms with Gasteiger partial charge < -0.3 is 4.74 Å². The van der Waals surface area contributed by atoms with Gasteiger partial charge in [0.25, 0.3) is 0 Å². The second kappa shape index (κ2) is 5.17. The van der Waals surface area contributed by atoms with Crippen LogP contribution in [0, 0.1) is 11.8 Å². The molecule has 0 aromatic carbocycles. The van der Waals surface area contributed by atoms with E-state index in [2.05, 4.69) is 34.8 Å².